The summed E-state index contributed by atoms with van der Waals surface area (Å²) < 4.78 is 27.9. The van der Waals surface area contributed by atoms with Crippen LogP contribution in [0.1, 0.15) is 30.9 Å². The third kappa shape index (κ3) is 6.35. The molecular weight excluding hydrogens is 438 g/mol. The lowest BCUT2D eigenvalue weighted by Gasteiger charge is -2.22. The van der Waals surface area contributed by atoms with E-state index in [1.807, 2.05) is 37.3 Å². The minimum atomic E-state index is -3.67. The normalized spacial score (nSPS) is 11.0. The first-order valence-corrected chi connectivity index (χ1v) is 12.7. The van der Waals surface area contributed by atoms with Gasteiger partial charge in [0.25, 0.3) is 0 Å². The highest BCUT2D eigenvalue weighted by Gasteiger charge is 2.24. The Morgan fingerprint density at radius 1 is 0.882 bits per heavy atom. The summed E-state index contributed by atoms with van der Waals surface area (Å²) in [4.78, 5) is 0.269. The monoisotopic (exact) mass is 469 g/mol. The molecule has 0 N–H and O–H groups in total. The van der Waals surface area contributed by atoms with Crippen LogP contribution in [0.5, 0.6) is 0 Å². The highest BCUT2D eigenvalue weighted by molar-refractivity contribution is 7.89. The second kappa shape index (κ2) is 11.7. The van der Waals surface area contributed by atoms with Crippen LogP contribution in [0.25, 0.3) is 16.7 Å². The molecule has 0 spiro atoms. The number of hydrogen-bond acceptors (Lipinski definition) is 2. The Labute approximate surface area is 204 Å². The second-order valence-electron chi connectivity index (χ2n) is 8.28. The molecule has 0 amide bonds. The summed E-state index contributed by atoms with van der Waals surface area (Å²) in [6.45, 7) is 12.5. The van der Waals surface area contributed by atoms with E-state index in [1.54, 1.807) is 31.2 Å². The van der Waals surface area contributed by atoms with Gasteiger partial charge in [-0.15, -0.1) is 5.92 Å². The van der Waals surface area contributed by atoms with Crippen molar-refractivity contribution >= 4 is 15.6 Å². The Morgan fingerprint density at radius 2 is 1.53 bits per heavy atom. The topological polar surface area (TPSA) is 37.4 Å². The van der Waals surface area contributed by atoms with E-state index >= 15 is 0 Å². The van der Waals surface area contributed by atoms with Crippen LogP contribution in [0.15, 0.2) is 102 Å². The van der Waals surface area contributed by atoms with E-state index in [0.29, 0.717) is 12.8 Å². The largest absolute Gasteiger partial charge is 0.244 e. The number of sulfonamides is 1. The SMILES string of the molecule is C=C(CCC(=C)c1ccccc1-c1ccccc1)CN(CC#CC)S(=O)(=O)c1ccc(C)cc1. The molecule has 0 atom stereocenters. The summed E-state index contributed by atoms with van der Waals surface area (Å²) in [5.74, 6) is 5.69. The third-order valence-corrected chi connectivity index (χ3v) is 7.47. The Morgan fingerprint density at radius 3 is 2.21 bits per heavy atom. The minimum absolute atomic E-state index is 0.128. The molecule has 0 saturated carbocycles. The van der Waals surface area contributed by atoms with Crippen LogP contribution in [0, 0.1) is 18.8 Å². The lowest BCUT2D eigenvalue weighted by molar-refractivity contribution is 0.467. The predicted octanol–water partition coefficient (Wildman–Crippen LogP) is 6.73. The number of hydrogen-bond donors (Lipinski definition) is 0. The molecule has 3 rings (SSSR count). The van der Waals surface area contributed by atoms with Crippen molar-refractivity contribution in [3.8, 4) is 23.0 Å². The zero-order valence-corrected chi connectivity index (χ0v) is 20.7. The van der Waals surface area contributed by atoms with E-state index in [4.69, 9.17) is 0 Å². The van der Waals surface area contributed by atoms with E-state index in [9.17, 15) is 8.42 Å². The molecule has 0 aliphatic carbocycles. The van der Waals surface area contributed by atoms with Gasteiger partial charge in [-0.05, 0) is 61.1 Å². The molecule has 0 aromatic heterocycles. The summed E-state index contributed by atoms with van der Waals surface area (Å²) in [5, 5.41) is 0. The molecule has 0 unspecified atom stereocenters. The number of aryl methyl sites for hydroxylation is 1. The molecule has 174 valence electrons. The molecule has 0 heterocycles. The fraction of sp³-hybridized carbons (Fsp3) is 0.200. The maximum Gasteiger partial charge on any atom is 0.244 e. The Balaban J connectivity index is 1.72. The quantitative estimate of drug-likeness (QED) is 0.244. The first kappa shape index (κ1) is 25.2. The van der Waals surface area contributed by atoms with Crippen molar-refractivity contribution < 1.29 is 8.42 Å². The van der Waals surface area contributed by atoms with E-state index in [1.165, 1.54) is 4.31 Å². The smallest absolute Gasteiger partial charge is 0.207 e. The molecule has 0 aliphatic heterocycles. The molecule has 34 heavy (non-hydrogen) atoms. The van der Waals surface area contributed by atoms with Gasteiger partial charge in [-0.2, -0.15) is 4.31 Å². The average molecular weight is 470 g/mol. The van der Waals surface area contributed by atoms with Gasteiger partial charge in [-0.25, -0.2) is 8.42 Å². The summed E-state index contributed by atoms with van der Waals surface area (Å²) >= 11 is 0. The minimum Gasteiger partial charge on any atom is -0.207 e. The zero-order valence-electron chi connectivity index (χ0n) is 19.9. The molecule has 0 bridgehead atoms. The fourth-order valence-electron chi connectivity index (χ4n) is 3.70. The molecule has 3 aromatic rings. The highest BCUT2D eigenvalue weighted by atomic mass is 32.2. The van der Waals surface area contributed by atoms with Gasteiger partial charge < -0.3 is 0 Å². The van der Waals surface area contributed by atoms with Gasteiger partial charge in [0.15, 0.2) is 0 Å². The Hall–Kier alpha value is -3.39. The van der Waals surface area contributed by atoms with Crippen LogP contribution in [0.3, 0.4) is 0 Å². The summed E-state index contributed by atoms with van der Waals surface area (Å²) in [5.41, 5.74) is 6.22. The maximum absolute atomic E-state index is 13.2. The van der Waals surface area contributed by atoms with Crippen LogP contribution in [-0.4, -0.2) is 25.8 Å². The van der Waals surface area contributed by atoms with Gasteiger partial charge in [-0.1, -0.05) is 96.9 Å². The molecule has 0 aliphatic rings. The second-order valence-corrected chi connectivity index (χ2v) is 10.2. The first-order chi connectivity index (χ1) is 16.3. The number of rotatable bonds is 10. The molecule has 3 nitrogen and oxygen atoms in total. The van der Waals surface area contributed by atoms with Crippen molar-refractivity contribution in [1.29, 1.82) is 0 Å². The van der Waals surface area contributed by atoms with Crippen molar-refractivity contribution in [3.05, 3.63) is 109 Å². The van der Waals surface area contributed by atoms with Crippen LogP contribution in [-0.2, 0) is 10.0 Å². The van der Waals surface area contributed by atoms with Crippen molar-refractivity contribution in [1.82, 2.24) is 4.31 Å². The summed E-state index contributed by atoms with van der Waals surface area (Å²) in [6, 6.07) is 25.4. The van der Waals surface area contributed by atoms with Crippen LogP contribution >= 0.6 is 0 Å². The van der Waals surface area contributed by atoms with Gasteiger partial charge in [0.05, 0.1) is 11.4 Å². The Bertz CT molecular complexity index is 1310. The molecule has 0 radical (unpaired) electrons. The lowest BCUT2D eigenvalue weighted by Crippen LogP contribution is -2.33. The molecule has 3 aromatic carbocycles. The van der Waals surface area contributed by atoms with Gasteiger partial charge in [0, 0.05) is 6.54 Å². The van der Waals surface area contributed by atoms with Gasteiger partial charge in [0.2, 0.25) is 10.0 Å². The summed E-state index contributed by atoms with van der Waals surface area (Å²) in [7, 11) is -3.67. The third-order valence-electron chi connectivity index (χ3n) is 5.66. The van der Waals surface area contributed by atoms with Gasteiger partial charge in [0.1, 0.15) is 0 Å². The number of benzene rings is 3. The first-order valence-electron chi connectivity index (χ1n) is 11.3. The van der Waals surface area contributed by atoms with E-state index in [2.05, 4.69) is 49.3 Å². The van der Waals surface area contributed by atoms with E-state index < -0.39 is 10.0 Å². The van der Waals surface area contributed by atoms with Crippen molar-refractivity contribution in [2.45, 2.75) is 31.6 Å². The van der Waals surface area contributed by atoms with Gasteiger partial charge >= 0.3 is 0 Å². The van der Waals surface area contributed by atoms with Crippen LogP contribution in [0.4, 0.5) is 0 Å². The van der Waals surface area contributed by atoms with E-state index in [0.717, 1.165) is 33.4 Å². The number of nitrogens with zero attached hydrogens (tertiary/aromatic N) is 1. The van der Waals surface area contributed by atoms with Crippen molar-refractivity contribution in [2.24, 2.45) is 0 Å². The average Bonchev–Trinajstić information content (AvgIpc) is 2.85. The Kier molecular flexibility index (Phi) is 8.65. The number of allylic oxidation sites excluding steroid dienone is 1. The fourth-order valence-corrected chi connectivity index (χ4v) is 5.07. The zero-order chi connectivity index (χ0) is 24.6. The lowest BCUT2D eigenvalue weighted by atomic mass is 9.92. The van der Waals surface area contributed by atoms with Gasteiger partial charge in [-0.3, -0.25) is 0 Å². The van der Waals surface area contributed by atoms with E-state index in [-0.39, 0.29) is 18.0 Å². The predicted molar refractivity (Wildman–Crippen MR) is 143 cm³/mol. The highest BCUT2D eigenvalue weighted by Crippen LogP contribution is 2.31. The van der Waals surface area contributed by atoms with Crippen molar-refractivity contribution in [3.63, 3.8) is 0 Å². The molecule has 4 heteroatoms. The molecule has 0 saturated heterocycles. The van der Waals surface area contributed by atoms with Crippen LogP contribution < -0.4 is 0 Å². The molecular formula is C30H31NO2S. The standard InChI is InChI=1S/C30H31NO2S/c1-5-6-22-31(34(32,33)28-20-17-24(2)18-21-28)23-25(3)16-19-26(4)29-14-10-11-15-30(29)27-12-8-7-9-13-27/h7-15,17-18,20-21H,3-4,16,19,22-23H2,1-2H3. The van der Waals surface area contributed by atoms with Crippen molar-refractivity contribution in [2.75, 3.05) is 13.1 Å². The summed E-state index contributed by atoms with van der Waals surface area (Å²) in [6.07, 6.45) is 1.34. The maximum atomic E-state index is 13.2. The van der Waals surface area contributed by atoms with Crippen LogP contribution in [0.2, 0.25) is 0 Å². The molecule has 0 fully saturated rings.